The zero-order valence-electron chi connectivity index (χ0n) is 11.6. The van der Waals surface area contributed by atoms with E-state index >= 15 is 0 Å². The van der Waals surface area contributed by atoms with Crippen LogP contribution in [-0.4, -0.2) is 33.2 Å². The molecule has 1 rings (SSSR count). The summed E-state index contributed by atoms with van der Waals surface area (Å²) in [6.45, 7) is 5.34. The molecule has 0 fully saturated rings. The minimum atomic E-state index is -3.64. The van der Waals surface area contributed by atoms with Crippen molar-refractivity contribution in [2.75, 3.05) is 25.5 Å². The van der Waals surface area contributed by atoms with E-state index in [0.717, 1.165) is 6.42 Å². The molecule has 6 nitrogen and oxygen atoms in total. The summed E-state index contributed by atoms with van der Waals surface area (Å²) in [7, 11) is -3.64. The van der Waals surface area contributed by atoms with Gasteiger partial charge in [-0.25, -0.2) is 18.1 Å². The van der Waals surface area contributed by atoms with Gasteiger partial charge in [-0.2, -0.15) is 0 Å². The molecule has 8 heteroatoms. The molecule has 0 saturated carbocycles. The van der Waals surface area contributed by atoms with Crippen LogP contribution >= 0.6 is 11.6 Å². The van der Waals surface area contributed by atoms with E-state index in [1.165, 1.54) is 12.3 Å². The number of nitrogens with zero attached hydrogens (tertiary/aromatic N) is 1. The molecule has 1 aromatic heterocycles. The lowest BCUT2D eigenvalue weighted by molar-refractivity contribution is 0.128. The number of nitrogen functional groups attached to an aromatic ring is 1. The van der Waals surface area contributed by atoms with E-state index in [1.807, 2.05) is 0 Å². The number of halogens is 1. The second-order valence-electron chi connectivity index (χ2n) is 4.73. The molecule has 0 aliphatic rings. The minimum Gasteiger partial charge on any atom is -0.382 e. The highest BCUT2D eigenvalue weighted by molar-refractivity contribution is 7.89. The Labute approximate surface area is 124 Å². The average Bonchev–Trinajstić information content (AvgIpc) is 2.36. The molecule has 0 radical (unpaired) electrons. The summed E-state index contributed by atoms with van der Waals surface area (Å²) in [6, 6.07) is 1.27. The second kappa shape index (κ2) is 7.78. The van der Waals surface area contributed by atoms with Gasteiger partial charge in [0.25, 0.3) is 0 Å². The summed E-state index contributed by atoms with van der Waals surface area (Å²) in [4.78, 5) is 3.70. The van der Waals surface area contributed by atoms with Crippen LogP contribution in [0.4, 0.5) is 5.82 Å². The molecular weight excluding hydrogens is 302 g/mol. The number of nitrogens with two attached hydrogens (primary N) is 1. The van der Waals surface area contributed by atoms with Gasteiger partial charge in [-0.1, -0.05) is 25.4 Å². The first-order chi connectivity index (χ1) is 9.33. The van der Waals surface area contributed by atoms with E-state index in [0.29, 0.717) is 19.1 Å². The van der Waals surface area contributed by atoms with Gasteiger partial charge >= 0.3 is 0 Å². The molecule has 0 amide bonds. The number of aromatic nitrogens is 1. The first kappa shape index (κ1) is 17.2. The first-order valence-corrected chi connectivity index (χ1v) is 8.17. The van der Waals surface area contributed by atoms with Crippen molar-refractivity contribution in [3.05, 3.63) is 17.3 Å². The van der Waals surface area contributed by atoms with Gasteiger partial charge in [0.1, 0.15) is 10.7 Å². The Balaban J connectivity index is 2.43. The van der Waals surface area contributed by atoms with Crippen molar-refractivity contribution in [3.63, 3.8) is 0 Å². The molecule has 3 N–H and O–H groups in total. The number of hydrogen-bond donors (Lipinski definition) is 2. The van der Waals surface area contributed by atoms with Crippen LogP contribution in [0.15, 0.2) is 17.2 Å². The van der Waals surface area contributed by atoms with Crippen molar-refractivity contribution in [2.45, 2.75) is 25.2 Å². The van der Waals surface area contributed by atoms with Crippen LogP contribution in [0.3, 0.4) is 0 Å². The molecular formula is C12H20ClN3O3S. The van der Waals surface area contributed by atoms with Crippen molar-refractivity contribution in [1.82, 2.24) is 9.71 Å². The first-order valence-electron chi connectivity index (χ1n) is 6.31. The summed E-state index contributed by atoms with van der Waals surface area (Å²) in [6.07, 6.45) is 2.12. The fourth-order valence-electron chi connectivity index (χ4n) is 1.33. The highest BCUT2D eigenvalue weighted by Gasteiger charge is 2.15. The van der Waals surface area contributed by atoms with E-state index in [2.05, 4.69) is 23.6 Å². The highest BCUT2D eigenvalue weighted by Crippen LogP contribution is 2.19. The van der Waals surface area contributed by atoms with Crippen LogP contribution in [0.1, 0.15) is 20.3 Å². The summed E-state index contributed by atoms with van der Waals surface area (Å²) in [5.41, 5.74) is 5.43. The lowest BCUT2D eigenvalue weighted by Crippen LogP contribution is -2.27. The van der Waals surface area contributed by atoms with Gasteiger partial charge in [0.15, 0.2) is 0 Å². The Morgan fingerprint density at radius 1 is 1.45 bits per heavy atom. The number of pyridine rings is 1. The Morgan fingerprint density at radius 3 is 2.75 bits per heavy atom. The van der Waals surface area contributed by atoms with Crippen molar-refractivity contribution in [3.8, 4) is 0 Å². The number of nitrogens with one attached hydrogen (secondary N) is 1. The minimum absolute atomic E-state index is 0.0149. The largest absolute Gasteiger partial charge is 0.382 e. The van der Waals surface area contributed by atoms with Gasteiger partial charge in [-0.05, 0) is 18.4 Å². The molecule has 0 unspecified atom stereocenters. The molecule has 1 heterocycles. The van der Waals surface area contributed by atoms with Gasteiger partial charge in [0.05, 0.1) is 11.6 Å². The fraction of sp³-hybridized carbons (Fsp3) is 0.583. The lowest BCUT2D eigenvalue weighted by Gasteiger charge is -2.09. The summed E-state index contributed by atoms with van der Waals surface area (Å²) < 4.78 is 31.6. The molecule has 114 valence electrons. The topological polar surface area (TPSA) is 94.3 Å². The molecule has 0 atom stereocenters. The Morgan fingerprint density at radius 2 is 2.15 bits per heavy atom. The summed E-state index contributed by atoms with van der Waals surface area (Å²) >= 11 is 5.75. The van der Waals surface area contributed by atoms with Gasteiger partial charge in [0.2, 0.25) is 10.0 Å². The quantitative estimate of drug-likeness (QED) is 0.710. The average molecular weight is 322 g/mol. The van der Waals surface area contributed by atoms with E-state index in [1.54, 1.807) is 0 Å². The van der Waals surface area contributed by atoms with E-state index in [4.69, 9.17) is 22.1 Å². The van der Waals surface area contributed by atoms with E-state index < -0.39 is 10.0 Å². The van der Waals surface area contributed by atoms with Crippen LogP contribution < -0.4 is 10.5 Å². The third-order valence-corrected chi connectivity index (χ3v) is 4.26. The standard InChI is InChI=1S/C12H20ClN3O3S/c1-9(2)3-5-19-6-4-16-20(17,18)10-7-11(13)12(14)15-8-10/h7-9,16H,3-6H2,1-2H3,(H2,14,15). The zero-order valence-corrected chi connectivity index (χ0v) is 13.2. The van der Waals surface area contributed by atoms with E-state index in [9.17, 15) is 8.42 Å². The van der Waals surface area contributed by atoms with Crippen molar-refractivity contribution >= 4 is 27.4 Å². The monoisotopic (exact) mass is 321 g/mol. The maximum Gasteiger partial charge on any atom is 0.242 e. The second-order valence-corrected chi connectivity index (χ2v) is 6.90. The number of rotatable bonds is 8. The zero-order chi connectivity index (χ0) is 15.2. The number of hydrogen-bond acceptors (Lipinski definition) is 5. The normalized spacial score (nSPS) is 12.0. The van der Waals surface area contributed by atoms with Crippen LogP contribution in [-0.2, 0) is 14.8 Å². The van der Waals surface area contributed by atoms with Crippen LogP contribution in [0.25, 0.3) is 0 Å². The fourth-order valence-corrected chi connectivity index (χ4v) is 2.54. The van der Waals surface area contributed by atoms with Crippen molar-refractivity contribution in [2.24, 2.45) is 5.92 Å². The summed E-state index contributed by atoms with van der Waals surface area (Å²) in [5.74, 6) is 0.664. The number of ether oxygens (including phenoxy) is 1. The molecule has 0 aliphatic carbocycles. The SMILES string of the molecule is CC(C)CCOCCNS(=O)(=O)c1cnc(N)c(Cl)c1. The van der Waals surface area contributed by atoms with Crippen molar-refractivity contribution < 1.29 is 13.2 Å². The van der Waals surface area contributed by atoms with Crippen LogP contribution in [0.2, 0.25) is 5.02 Å². The molecule has 0 aliphatic heterocycles. The molecule has 0 bridgehead atoms. The maximum absolute atomic E-state index is 11.9. The Bertz CT molecular complexity index is 535. The smallest absolute Gasteiger partial charge is 0.242 e. The van der Waals surface area contributed by atoms with Crippen LogP contribution in [0.5, 0.6) is 0 Å². The molecule has 0 spiro atoms. The molecule has 0 aromatic carbocycles. The molecule has 20 heavy (non-hydrogen) atoms. The predicted molar refractivity (Wildman–Crippen MR) is 79.1 cm³/mol. The van der Waals surface area contributed by atoms with Crippen molar-refractivity contribution in [1.29, 1.82) is 0 Å². The van der Waals surface area contributed by atoms with Gasteiger partial charge < -0.3 is 10.5 Å². The number of anilines is 1. The summed E-state index contributed by atoms with van der Waals surface area (Å²) in [5, 5.41) is 0.112. The lowest BCUT2D eigenvalue weighted by atomic mass is 10.1. The Hall–Kier alpha value is -0.890. The van der Waals surface area contributed by atoms with Gasteiger partial charge in [-0.15, -0.1) is 0 Å². The molecule has 1 aromatic rings. The van der Waals surface area contributed by atoms with E-state index in [-0.39, 0.29) is 22.3 Å². The Kier molecular flexibility index (Phi) is 6.67. The predicted octanol–water partition coefficient (Wildman–Crippen LogP) is 1.66. The third-order valence-electron chi connectivity index (χ3n) is 2.53. The maximum atomic E-state index is 11.9. The highest BCUT2D eigenvalue weighted by atomic mass is 35.5. The van der Waals surface area contributed by atoms with Gasteiger partial charge in [0, 0.05) is 19.3 Å². The molecule has 0 saturated heterocycles. The third kappa shape index (κ3) is 5.62. The van der Waals surface area contributed by atoms with Crippen LogP contribution in [0, 0.1) is 5.92 Å². The van der Waals surface area contributed by atoms with Gasteiger partial charge in [-0.3, -0.25) is 0 Å². The number of sulfonamides is 1.